The summed E-state index contributed by atoms with van der Waals surface area (Å²) in [6.45, 7) is 7.35. The van der Waals surface area contributed by atoms with Crippen LogP contribution in [0.2, 0.25) is 0 Å². The number of aryl methyl sites for hydroxylation is 2. The van der Waals surface area contributed by atoms with Crippen molar-refractivity contribution in [1.82, 2.24) is 0 Å². The summed E-state index contributed by atoms with van der Waals surface area (Å²) in [6.07, 6.45) is 1.59. The van der Waals surface area contributed by atoms with Gasteiger partial charge in [-0.3, -0.25) is 9.59 Å². The van der Waals surface area contributed by atoms with Crippen LogP contribution >= 0.6 is 0 Å². The van der Waals surface area contributed by atoms with Crippen molar-refractivity contribution in [2.24, 2.45) is 0 Å². The molecule has 0 saturated heterocycles. The lowest BCUT2D eigenvalue weighted by Gasteiger charge is -2.20. The number of benzene rings is 1. The van der Waals surface area contributed by atoms with E-state index in [1.807, 2.05) is 26.0 Å². The fourth-order valence-corrected chi connectivity index (χ4v) is 2.32. The SMILES string of the molecule is C=C(C(=N)CC)C(=O)Nc1cc(C)c2c(c1)CCC(=O)N2. The summed E-state index contributed by atoms with van der Waals surface area (Å²) in [5.74, 6) is -0.340. The highest BCUT2D eigenvalue weighted by atomic mass is 16.2. The van der Waals surface area contributed by atoms with Gasteiger partial charge < -0.3 is 16.0 Å². The van der Waals surface area contributed by atoms with Gasteiger partial charge in [-0.2, -0.15) is 0 Å². The van der Waals surface area contributed by atoms with Crippen molar-refractivity contribution in [3.8, 4) is 0 Å². The number of hydrogen-bond acceptors (Lipinski definition) is 3. The Labute approximate surface area is 123 Å². The van der Waals surface area contributed by atoms with Crippen molar-refractivity contribution in [2.75, 3.05) is 10.6 Å². The van der Waals surface area contributed by atoms with Crippen LogP contribution in [0.15, 0.2) is 24.3 Å². The third-order valence-electron chi connectivity index (χ3n) is 3.55. The Morgan fingerprint density at radius 3 is 2.81 bits per heavy atom. The van der Waals surface area contributed by atoms with E-state index in [2.05, 4.69) is 17.2 Å². The first-order valence-corrected chi connectivity index (χ1v) is 6.93. The molecule has 0 atom stereocenters. The minimum absolute atomic E-state index is 0.0205. The van der Waals surface area contributed by atoms with Gasteiger partial charge in [0.05, 0.1) is 5.57 Å². The largest absolute Gasteiger partial charge is 0.326 e. The molecule has 1 aliphatic rings. The first-order chi connectivity index (χ1) is 9.92. The molecule has 0 fully saturated rings. The molecule has 21 heavy (non-hydrogen) atoms. The van der Waals surface area contributed by atoms with Gasteiger partial charge in [-0.15, -0.1) is 0 Å². The van der Waals surface area contributed by atoms with Crippen LogP contribution in [0.4, 0.5) is 11.4 Å². The number of nitrogens with one attached hydrogen (secondary N) is 3. The first-order valence-electron chi connectivity index (χ1n) is 6.93. The number of hydrogen-bond donors (Lipinski definition) is 3. The zero-order valence-electron chi connectivity index (χ0n) is 12.3. The summed E-state index contributed by atoms with van der Waals surface area (Å²) >= 11 is 0. The predicted molar refractivity (Wildman–Crippen MR) is 83.9 cm³/mol. The normalized spacial score (nSPS) is 13.1. The van der Waals surface area contributed by atoms with Gasteiger partial charge in [0, 0.05) is 23.5 Å². The average molecular weight is 285 g/mol. The lowest BCUT2D eigenvalue weighted by molar-refractivity contribution is -0.116. The molecule has 5 nitrogen and oxygen atoms in total. The summed E-state index contributed by atoms with van der Waals surface area (Å²) in [6, 6.07) is 3.67. The van der Waals surface area contributed by atoms with Crippen LogP contribution in [0.5, 0.6) is 0 Å². The standard InChI is InChI=1S/C16H19N3O2/c1-4-13(17)10(3)16(21)18-12-7-9(2)15-11(8-12)5-6-14(20)19-15/h7-8,17H,3-6H2,1-2H3,(H,18,21)(H,19,20). The number of fused-ring (bicyclic) bond motifs is 1. The van der Waals surface area contributed by atoms with Gasteiger partial charge >= 0.3 is 0 Å². The molecule has 110 valence electrons. The van der Waals surface area contributed by atoms with Gasteiger partial charge in [-0.05, 0) is 43.0 Å². The first kappa shape index (κ1) is 15.0. The van der Waals surface area contributed by atoms with Crippen molar-refractivity contribution in [3.63, 3.8) is 0 Å². The minimum atomic E-state index is -0.360. The van der Waals surface area contributed by atoms with Crippen LogP contribution in [0.1, 0.15) is 30.9 Å². The molecule has 0 radical (unpaired) electrons. The Hall–Kier alpha value is -2.43. The maximum atomic E-state index is 12.0. The number of carbonyl (C=O) groups excluding carboxylic acids is 2. The number of carbonyl (C=O) groups is 2. The molecule has 3 N–H and O–H groups in total. The van der Waals surface area contributed by atoms with E-state index >= 15 is 0 Å². The van der Waals surface area contributed by atoms with E-state index in [-0.39, 0.29) is 23.1 Å². The molecule has 0 aliphatic carbocycles. The van der Waals surface area contributed by atoms with Gasteiger partial charge in [-0.25, -0.2) is 0 Å². The minimum Gasteiger partial charge on any atom is -0.326 e. The van der Waals surface area contributed by atoms with Crippen LogP contribution in [0.25, 0.3) is 0 Å². The van der Waals surface area contributed by atoms with Crippen molar-refractivity contribution in [2.45, 2.75) is 33.1 Å². The fraction of sp³-hybridized carbons (Fsp3) is 0.312. The van der Waals surface area contributed by atoms with Gasteiger partial charge in [0.25, 0.3) is 5.91 Å². The molecule has 1 aromatic carbocycles. The highest BCUT2D eigenvalue weighted by molar-refractivity contribution is 6.23. The molecule has 1 aliphatic heterocycles. The molecule has 0 aromatic heterocycles. The van der Waals surface area contributed by atoms with Crippen LogP contribution in [0.3, 0.4) is 0 Å². The molecule has 1 heterocycles. The van der Waals surface area contributed by atoms with Crippen LogP contribution in [-0.4, -0.2) is 17.5 Å². The van der Waals surface area contributed by atoms with Crippen molar-refractivity contribution in [1.29, 1.82) is 5.41 Å². The highest BCUT2D eigenvalue weighted by Gasteiger charge is 2.18. The molecule has 0 unspecified atom stereocenters. The number of rotatable bonds is 4. The smallest absolute Gasteiger partial charge is 0.256 e. The molecular formula is C16H19N3O2. The monoisotopic (exact) mass is 285 g/mol. The summed E-state index contributed by atoms with van der Waals surface area (Å²) in [5.41, 5.74) is 3.84. The summed E-state index contributed by atoms with van der Waals surface area (Å²) in [7, 11) is 0. The predicted octanol–water partition coefficient (Wildman–Crippen LogP) is 2.80. The van der Waals surface area contributed by atoms with E-state index in [0.29, 0.717) is 24.9 Å². The van der Waals surface area contributed by atoms with E-state index in [4.69, 9.17) is 5.41 Å². The number of anilines is 2. The zero-order chi connectivity index (χ0) is 15.6. The lowest BCUT2D eigenvalue weighted by atomic mass is 9.98. The third-order valence-corrected chi connectivity index (χ3v) is 3.55. The summed E-state index contributed by atoms with van der Waals surface area (Å²) in [4.78, 5) is 23.4. The van der Waals surface area contributed by atoms with Gasteiger partial charge in [-0.1, -0.05) is 13.5 Å². The Balaban J connectivity index is 2.21. The third kappa shape index (κ3) is 3.18. The molecule has 2 rings (SSSR count). The second-order valence-corrected chi connectivity index (χ2v) is 5.14. The van der Waals surface area contributed by atoms with E-state index in [1.165, 1.54) is 0 Å². The second kappa shape index (κ2) is 5.91. The Kier molecular flexibility index (Phi) is 4.21. The summed E-state index contributed by atoms with van der Waals surface area (Å²) < 4.78 is 0. The van der Waals surface area contributed by atoms with E-state index in [9.17, 15) is 9.59 Å². The topological polar surface area (TPSA) is 82.1 Å². The van der Waals surface area contributed by atoms with Crippen LogP contribution in [-0.2, 0) is 16.0 Å². The van der Waals surface area contributed by atoms with Gasteiger partial charge in [0.1, 0.15) is 0 Å². The quantitative estimate of drug-likeness (QED) is 0.587. The Morgan fingerprint density at radius 1 is 1.43 bits per heavy atom. The Morgan fingerprint density at radius 2 is 2.14 bits per heavy atom. The number of amides is 2. The van der Waals surface area contributed by atoms with E-state index in [1.54, 1.807) is 0 Å². The zero-order valence-corrected chi connectivity index (χ0v) is 12.3. The van der Waals surface area contributed by atoms with Crippen molar-refractivity contribution < 1.29 is 9.59 Å². The molecule has 1 aromatic rings. The molecule has 0 spiro atoms. The average Bonchev–Trinajstić information content (AvgIpc) is 2.46. The lowest BCUT2D eigenvalue weighted by Crippen LogP contribution is -2.22. The van der Waals surface area contributed by atoms with Crippen molar-refractivity contribution in [3.05, 3.63) is 35.4 Å². The van der Waals surface area contributed by atoms with Crippen LogP contribution in [0, 0.1) is 12.3 Å². The molecular weight excluding hydrogens is 266 g/mol. The van der Waals surface area contributed by atoms with E-state index in [0.717, 1.165) is 16.8 Å². The second-order valence-electron chi connectivity index (χ2n) is 5.14. The summed E-state index contributed by atoms with van der Waals surface area (Å²) in [5, 5.41) is 13.3. The molecule has 0 bridgehead atoms. The molecule has 2 amide bonds. The molecule has 0 saturated carbocycles. The van der Waals surface area contributed by atoms with Gasteiger partial charge in [0.15, 0.2) is 0 Å². The maximum absolute atomic E-state index is 12.0. The van der Waals surface area contributed by atoms with Crippen LogP contribution < -0.4 is 10.6 Å². The van der Waals surface area contributed by atoms with Crippen molar-refractivity contribution >= 4 is 28.9 Å². The fourth-order valence-electron chi connectivity index (χ4n) is 2.32. The Bertz CT molecular complexity index is 647. The highest BCUT2D eigenvalue weighted by Crippen LogP contribution is 2.29. The molecule has 5 heteroatoms. The maximum Gasteiger partial charge on any atom is 0.256 e. The van der Waals surface area contributed by atoms with Gasteiger partial charge in [0.2, 0.25) is 5.91 Å². The van der Waals surface area contributed by atoms with E-state index < -0.39 is 0 Å².